The molecule has 0 unspecified atom stereocenters. The minimum atomic E-state index is -0.546. The third-order valence-electron chi connectivity index (χ3n) is 3.15. The molecular formula is C11H23NO2S. The maximum absolute atomic E-state index is 11.2. The van der Waals surface area contributed by atoms with Crippen LogP contribution in [0.4, 0.5) is 0 Å². The van der Waals surface area contributed by atoms with Gasteiger partial charge in [0.15, 0.2) is 0 Å². The second-order valence-electron chi connectivity index (χ2n) is 4.34. The fourth-order valence-corrected chi connectivity index (χ4v) is 3.33. The summed E-state index contributed by atoms with van der Waals surface area (Å²) in [4.78, 5) is 2.40. The van der Waals surface area contributed by atoms with Gasteiger partial charge in [-0.05, 0) is 45.7 Å². The van der Waals surface area contributed by atoms with E-state index in [0.717, 1.165) is 50.2 Å². The summed E-state index contributed by atoms with van der Waals surface area (Å²) in [5.41, 5.74) is 0. The summed E-state index contributed by atoms with van der Waals surface area (Å²) in [6.07, 6.45) is 5.37. The molecule has 1 fully saturated rings. The van der Waals surface area contributed by atoms with Gasteiger partial charge in [-0.2, -0.15) is 0 Å². The lowest BCUT2D eigenvalue weighted by molar-refractivity contribution is 0.218. The minimum absolute atomic E-state index is 0.312. The molecule has 1 rings (SSSR count). The number of nitrogens with zero attached hydrogens (tertiary/aromatic N) is 1. The van der Waals surface area contributed by atoms with Crippen LogP contribution in [0.3, 0.4) is 0 Å². The van der Waals surface area contributed by atoms with Gasteiger partial charge in [0.1, 0.15) is 0 Å². The van der Waals surface area contributed by atoms with E-state index in [1.54, 1.807) is 0 Å². The molecule has 0 saturated carbocycles. The van der Waals surface area contributed by atoms with E-state index in [-0.39, 0.29) is 0 Å². The maximum atomic E-state index is 11.2. The second-order valence-corrected chi connectivity index (χ2v) is 6.04. The largest absolute Gasteiger partial charge is 0.396 e. The smallest absolute Gasteiger partial charge is 0.0431 e. The van der Waals surface area contributed by atoms with Crippen molar-refractivity contribution >= 4 is 10.8 Å². The summed E-state index contributed by atoms with van der Waals surface area (Å²) >= 11 is 0. The van der Waals surface area contributed by atoms with E-state index in [2.05, 4.69) is 11.9 Å². The molecule has 3 nitrogen and oxygen atoms in total. The number of hydrogen-bond donors (Lipinski definition) is 1. The first-order valence-electron chi connectivity index (χ1n) is 5.90. The van der Waals surface area contributed by atoms with Crippen LogP contribution in [0.1, 0.15) is 32.1 Å². The van der Waals surface area contributed by atoms with Crippen LogP contribution in [0.15, 0.2) is 0 Å². The molecule has 4 heteroatoms. The Hall–Kier alpha value is 0.0700. The van der Waals surface area contributed by atoms with Crippen molar-refractivity contribution in [2.24, 2.45) is 0 Å². The lowest BCUT2D eigenvalue weighted by atomic mass is 10.1. The molecule has 0 atom stereocenters. The van der Waals surface area contributed by atoms with Crippen LogP contribution in [0.5, 0.6) is 0 Å². The number of aliphatic hydroxyl groups excluding tert-OH is 1. The monoisotopic (exact) mass is 233 g/mol. The van der Waals surface area contributed by atoms with Crippen LogP contribution in [-0.4, -0.2) is 52.0 Å². The van der Waals surface area contributed by atoms with Crippen LogP contribution in [0.2, 0.25) is 0 Å². The molecule has 0 amide bonds. The molecule has 1 heterocycles. The summed E-state index contributed by atoms with van der Waals surface area (Å²) in [6, 6.07) is 0.636. The standard InChI is InChI=1S/C11H23NO2S/c1-12(7-3-2-4-8-13)11-5-9-15(14)10-6-11/h11,13H,2-10H2,1H3. The van der Waals surface area contributed by atoms with Gasteiger partial charge in [0, 0.05) is 35.0 Å². The normalized spacial score (nSPS) is 27.1. The van der Waals surface area contributed by atoms with Gasteiger partial charge in [0.25, 0.3) is 0 Å². The van der Waals surface area contributed by atoms with Crippen LogP contribution in [-0.2, 0) is 10.8 Å². The Labute approximate surface area is 95.3 Å². The average Bonchev–Trinajstić information content (AvgIpc) is 2.25. The van der Waals surface area contributed by atoms with E-state index in [1.165, 1.54) is 0 Å². The van der Waals surface area contributed by atoms with Gasteiger partial charge in [-0.15, -0.1) is 0 Å². The molecule has 0 aromatic heterocycles. The molecule has 0 radical (unpaired) electrons. The van der Waals surface area contributed by atoms with E-state index >= 15 is 0 Å². The average molecular weight is 233 g/mol. The third-order valence-corrected chi connectivity index (χ3v) is 4.53. The first-order valence-corrected chi connectivity index (χ1v) is 7.39. The summed E-state index contributed by atoms with van der Waals surface area (Å²) in [7, 11) is 1.62. The van der Waals surface area contributed by atoms with Crippen molar-refractivity contribution in [3.8, 4) is 0 Å². The highest BCUT2D eigenvalue weighted by Crippen LogP contribution is 2.15. The van der Waals surface area contributed by atoms with Crippen LogP contribution in [0, 0.1) is 0 Å². The molecule has 0 aromatic carbocycles. The van der Waals surface area contributed by atoms with Gasteiger partial charge >= 0.3 is 0 Å². The Morgan fingerprint density at radius 2 is 1.93 bits per heavy atom. The molecule has 1 aliphatic heterocycles. The van der Waals surface area contributed by atoms with Gasteiger partial charge in [-0.25, -0.2) is 0 Å². The minimum Gasteiger partial charge on any atom is -0.396 e. The molecule has 0 aromatic rings. The fourth-order valence-electron chi connectivity index (χ4n) is 2.05. The van der Waals surface area contributed by atoms with E-state index < -0.39 is 10.8 Å². The second kappa shape index (κ2) is 7.36. The molecular weight excluding hydrogens is 210 g/mol. The van der Waals surface area contributed by atoms with Crippen molar-refractivity contribution in [2.75, 3.05) is 31.7 Å². The first kappa shape index (κ1) is 13.1. The SMILES string of the molecule is CN(CCCCCO)C1CCS(=O)CC1. The van der Waals surface area contributed by atoms with E-state index in [0.29, 0.717) is 12.6 Å². The summed E-state index contributed by atoms with van der Waals surface area (Å²) in [5, 5.41) is 8.66. The quantitative estimate of drug-likeness (QED) is 0.696. The number of aliphatic hydroxyl groups is 1. The zero-order valence-electron chi connectivity index (χ0n) is 9.65. The Morgan fingerprint density at radius 3 is 2.53 bits per heavy atom. The molecule has 1 N–H and O–H groups in total. The van der Waals surface area contributed by atoms with Gasteiger partial charge in [0.2, 0.25) is 0 Å². The molecule has 0 bridgehead atoms. The number of unbranched alkanes of at least 4 members (excludes halogenated alkanes) is 2. The van der Waals surface area contributed by atoms with Crippen LogP contribution < -0.4 is 0 Å². The van der Waals surface area contributed by atoms with Crippen molar-refractivity contribution < 1.29 is 9.32 Å². The first-order chi connectivity index (χ1) is 7.24. The number of rotatable bonds is 6. The van der Waals surface area contributed by atoms with Crippen molar-refractivity contribution in [3.05, 3.63) is 0 Å². The summed E-state index contributed by atoms with van der Waals surface area (Å²) < 4.78 is 11.2. The van der Waals surface area contributed by atoms with E-state index in [4.69, 9.17) is 5.11 Å². The number of hydrogen-bond acceptors (Lipinski definition) is 3. The zero-order valence-corrected chi connectivity index (χ0v) is 10.5. The molecule has 15 heavy (non-hydrogen) atoms. The van der Waals surface area contributed by atoms with Crippen molar-refractivity contribution in [1.29, 1.82) is 0 Å². The Morgan fingerprint density at radius 1 is 1.27 bits per heavy atom. The lowest BCUT2D eigenvalue weighted by Gasteiger charge is -2.30. The van der Waals surface area contributed by atoms with Crippen LogP contribution in [0.25, 0.3) is 0 Å². The highest BCUT2D eigenvalue weighted by atomic mass is 32.2. The highest BCUT2D eigenvalue weighted by Gasteiger charge is 2.20. The van der Waals surface area contributed by atoms with E-state index in [9.17, 15) is 4.21 Å². The van der Waals surface area contributed by atoms with Crippen molar-refractivity contribution in [2.45, 2.75) is 38.1 Å². The van der Waals surface area contributed by atoms with Gasteiger partial charge in [-0.1, -0.05) is 0 Å². The predicted octanol–water partition coefficient (Wildman–Crippen LogP) is 0.992. The molecule has 0 aliphatic carbocycles. The van der Waals surface area contributed by atoms with Crippen molar-refractivity contribution in [3.63, 3.8) is 0 Å². The molecule has 1 saturated heterocycles. The fraction of sp³-hybridized carbons (Fsp3) is 1.00. The summed E-state index contributed by atoms with van der Waals surface area (Å²) in [5.74, 6) is 1.76. The van der Waals surface area contributed by atoms with E-state index in [1.807, 2.05) is 0 Å². The zero-order chi connectivity index (χ0) is 11.1. The molecule has 1 aliphatic rings. The predicted molar refractivity (Wildman–Crippen MR) is 64.5 cm³/mol. The Kier molecular flexibility index (Phi) is 6.45. The van der Waals surface area contributed by atoms with Gasteiger partial charge < -0.3 is 10.0 Å². The van der Waals surface area contributed by atoms with Crippen LogP contribution >= 0.6 is 0 Å². The third kappa shape index (κ3) is 5.09. The van der Waals surface area contributed by atoms with Gasteiger partial charge in [0.05, 0.1) is 0 Å². The van der Waals surface area contributed by atoms with Crippen molar-refractivity contribution in [1.82, 2.24) is 4.90 Å². The topological polar surface area (TPSA) is 40.5 Å². The Bertz CT molecular complexity index is 189. The summed E-state index contributed by atoms with van der Waals surface area (Å²) in [6.45, 7) is 1.42. The molecule has 90 valence electrons. The maximum Gasteiger partial charge on any atom is 0.0431 e. The molecule has 0 spiro atoms. The Balaban J connectivity index is 2.11. The highest BCUT2D eigenvalue weighted by molar-refractivity contribution is 7.85. The van der Waals surface area contributed by atoms with Gasteiger partial charge in [-0.3, -0.25) is 4.21 Å². The lowest BCUT2D eigenvalue weighted by Crippen LogP contribution is -2.37.